The summed E-state index contributed by atoms with van der Waals surface area (Å²) in [5, 5.41) is 3.99. The molecule has 0 saturated carbocycles. The van der Waals surface area contributed by atoms with Gasteiger partial charge in [0.25, 0.3) is 5.91 Å². The highest BCUT2D eigenvalue weighted by molar-refractivity contribution is 5.84. The lowest BCUT2D eigenvalue weighted by atomic mass is 10.00. The molecule has 2 rings (SSSR count). The summed E-state index contributed by atoms with van der Waals surface area (Å²) < 4.78 is 10.6. The molecule has 5 heteroatoms. The third-order valence-corrected chi connectivity index (χ3v) is 3.92. The topological polar surface area (TPSA) is 59.9 Å². The van der Waals surface area contributed by atoms with Crippen LogP contribution >= 0.6 is 0 Å². The van der Waals surface area contributed by atoms with Gasteiger partial charge in [0.05, 0.1) is 13.3 Å². The molecular weight excluding hydrogens is 304 g/mol. The molecule has 0 saturated heterocycles. The highest BCUT2D eigenvalue weighted by Crippen LogP contribution is 2.25. The van der Waals surface area contributed by atoms with Gasteiger partial charge in [0.2, 0.25) is 0 Å². The van der Waals surface area contributed by atoms with Crippen molar-refractivity contribution in [3.63, 3.8) is 0 Å². The Bertz CT molecular complexity index is 754. The van der Waals surface area contributed by atoms with Crippen molar-refractivity contribution in [1.82, 2.24) is 5.43 Å². The standard InChI is InChI=1S/C19H22N2O3/c1-13-9-10-16(15(3)14(13)2)11-20-21-19(22)12-24-18-8-6-5-7-17(18)23-4/h5-11H,12H2,1-4H3,(H,21,22)/b20-11+. The second-order valence-electron chi connectivity index (χ2n) is 5.45. The van der Waals surface area contributed by atoms with Gasteiger partial charge in [0.15, 0.2) is 18.1 Å². The molecule has 2 aromatic rings. The highest BCUT2D eigenvalue weighted by Gasteiger charge is 2.06. The summed E-state index contributed by atoms with van der Waals surface area (Å²) in [5.41, 5.74) is 7.05. The first-order valence-corrected chi connectivity index (χ1v) is 7.67. The number of para-hydroxylation sites is 2. The largest absolute Gasteiger partial charge is 0.493 e. The Balaban J connectivity index is 1.90. The zero-order valence-electron chi connectivity index (χ0n) is 14.4. The number of hydrogen-bond acceptors (Lipinski definition) is 4. The molecule has 0 unspecified atom stereocenters. The van der Waals surface area contributed by atoms with Crippen molar-refractivity contribution < 1.29 is 14.3 Å². The lowest BCUT2D eigenvalue weighted by molar-refractivity contribution is -0.123. The van der Waals surface area contributed by atoms with Crippen molar-refractivity contribution >= 4 is 12.1 Å². The van der Waals surface area contributed by atoms with E-state index in [1.54, 1.807) is 25.5 Å². The molecule has 126 valence electrons. The number of aryl methyl sites for hydroxylation is 1. The van der Waals surface area contributed by atoms with Gasteiger partial charge in [-0.3, -0.25) is 4.79 Å². The van der Waals surface area contributed by atoms with Crippen LogP contribution in [0.3, 0.4) is 0 Å². The van der Waals surface area contributed by atoms with E-state index in [0.717, 1.165) is 11.1 Å². The number of rotatable bonds is 6. The van der Waals surface area contributed by atoms with E-state index >= 15 is 0 Å². The van der Waals surface area contributed by atoms with E-state index in [1.807, 2.05) is 31.2 Å². The number of carbonyl (C=O) groups is 1. The second-order valence-corrected chi connectivity index (χ2v) is 5.45. The van der Waals surface area contributed by atoms with Gasteiger partial charge in [-0.05, 0) is 55.2 Å². The van der Waals surface area contributed by atoms with Crippen LogP contribution in [0.15, 0.2) is 41.5 Å². The smallest absolute Gasteiger partial charge is 0.277 e. The number of benzene rings is 2. The molecule has 0 aliphatic rings. The Labute approximate surface area is 142 Å². The average molecular weight is 326 g/mol. The number of nitrogens with one attached hydrogen (secondary N) is 1. The SMILES string of the molecule is COc1ccccc1OCC(=O)N/N=C/c1ccc(C)c(C)c1C. The predicted molar refractivity (Wildman–Crippen MR) is 94.9 cm³/mol. The average Bonchev–Trinajstić information content (AvgIpc) is 2.60. The fraction of sp³-hybridized carbons (Fsp3) is 0.263. The summed E-state index contributed by atoms with van der Waals surface area (Å²) >= 11 is 0. The van der Waals surface area contributed by atoms with Crippen molar-refractivity contribution in [1.29, 1.82) is 0 Å². The molecule has 0 heterocycles. The molecule has 0 fully saturated rings. The summed E-state index contributed by atoms with van der Waals surface area (Å²) in [6.07, 6.45) is 1.64. The first kappa shape index (κ1) is 17.5. The normalized spacial score (nSPS) is 10.7. The molecule has 0 aromatic heterocycles. The van der Waals surface area contributed by atoms with E-state index < -0.39 is 0 Å². The van der Waals surface area contributed by atoms with Gasteiger partial charge < -0.3 is 9.47 Å². The molecule has 0 bridgehead atoms. The molecule has 1 amide bonds. The van der Waals surface area contributed by atoms with Crippen molar-refractivity contribution in [2.45, 2.75) is 20.8 Å². The first-order chi connectivity index (χ1) is 11.5. The number of nitrogens with zero attached hydrogens (tertiary/aromatic N) is 1. The zero-order chi connectivity index (χ0) is 17.5. The van der Waals surface area contributed by atoms with Crippen molar-refractivity contribution in [3.8, 4) is 11.5 Å². The van der Waals surface area contributed by atoms with Crippen molar-refractivity contribution in [3.05, 3.63) is 58.7 Å². The number of hydrazone groups is 1. The molecule has 2 aromatic carbocycles. The van der Waals surface area contributed by atoms with Crippen LogP contribution in [-0.4, -0.2) is 25.8 Å². The molecule has 5 nitrogen and oxygen atoms in total. The van der Waals surface area contributed by atoms with Crippen LogP contribution < -0.4 is 14.9 Å². The molecule has 0 aliphatic heterocycles. The Hall–Kier alpha value is -2.82. The summed E-state index contributed by atoms with van der Waals surface area (Å²) in [5.74, 6) is 0.766. The number of ether oxygens (including phenoxy) is 2. The lowest BCUT2D eigenvalue weighted by Gasteiger charge is -2.09. The minimum Gasteiger partial charge on any atom is -0.493 e. The molecule has 0 radical (unpaired) electrons. The minimum absolute atomic E-state index is 0.135. The van der Waals surface area contributed by atoms with Crippen LogP contribution in [0.25, 0.3) is 0 Å². The summed E-state index contributed by atoms with van der Waals surface area (Å²) in [4.78, 5) is 11.8. The predicted octanol–water partition coefficient (Wildman–Crippen LogP) is 3.15. The van der Waals surface area contributed by atoms with Gasteiger partial charge in [-0.2, -0.15) is 5.10 Å². The first-order valence-electron chi connectivity index (χ1n) is 7.67. The third-order valence-electron chi connectivity index (χ3n) is 3.92. The van der Waals surface area contributed by atoms with Gasteiger partial charge in [0.1, 0.15) is 0 Å². The molecule has 24 heavy (non-hydrogen) atoms. The van der Waals surface area contributed by atoms with E-state index in [-0.39, 0.29) is 12.5 Å². The number of hydrogen-bond donors (Lipinski definition) is 1. The van der Waals surface area contributed by atoms with E-state index in [2.05, 4.69) is 24.4 Å². The monoisotopic (exact) mass is 326 g/mol. The molecule has 0 spiro atoms. The van der Waals surface area contributed by atoms with Crippen LogP contribution in [0, 0.1) is 20.8 Å². The Morgan fingerprint density at radius 1 is 1.08 bits per heavy atom. The van der Waals surface area contributed by atoms with E-state index in [4.69, 9.17) is 9.47 Å². The second kappa shape index (κ2) is 8.15. The Kier molecular flexibility index (Phi) is 5.95. The number of amides is 1. The summed E-state index contributed by atoms with van der Waals surface area (Å²) in [6, 6.07) is 11.2. The minimum atomic E-state index is -0.335. The van der Waals surface area contributed by atoms with Crippen LogP contribution in [0.1, 0.15) is 22.3 Å². The van der Waals surface area contributed by atoms with Crippen LogP contribution in [-0.2, 0) is 4.79 Å². The molecular formula is C19H22N2O3. The van der Waals surface area contributed by atoms with Crippen molar-refractivity contribution in [2.75, 3.05) is 13.7 Å². The van der Waals surface area contributed by atoms with E-state index in [0.29, 0.717) is 11.5 Å². The Morgan fingerprint density at radius 3 is 2.50 bits per heavy atom. The van der Waals surface area contributed by atoms with E-state index in [9.17, 15) is 4.79 Å². The molecule has 1 N–H and O–H groups in total. The van der Waals surface area contributed by atoms with Crippen LogP contribution in [0.4, 0.5) is 0 Å². The summed E-state index contributed by atoms with van der Waals surface area (Å²) in [7, 11) is 1.55. The van der Waals surface area contributed by atoms with Gasteiger partial charge in [0, 0.05) is 0 Å². The van der Waals surface area contributed by atoms with Gasteiger partial charge >= 0.3 is 0 Å². The maximum Gasteiger partial charge on any atom is 0.277 e. The molecule has 0 atom stereocenters. The maximum atomic E-state index is 11.8. The number of carbonyl (C=O) groups excluding carboxylic acids is 1. The summed E-state index contributed by atoms with van der Waals surface area (Å²) in [6.45, 7) is 6.04. The maximum absolute atomic E-state index is 11.8. The van der Waals surface area contributed by atoms with Gasteiger partial charge in [-0.25, -0.2) is 5.43 Å². The fourth-order valence-electron chi connectivity index (χ4n) is 2.20. The lowest BCUT2D eigenvalue weighted by Crippen LogP contribution is -2.24. The van der Waals surface area contributed by atoms with E-state index in [1.165, 1.54) is 11.1 Å². The quantitative estimate of drug-likeness (QED) is 0.655. The van der Waals surface area contributed by atoms with Gasteiger partial charge in [-0.1, -0.05) is 24.3 Å². The van der Waals surface area contributed by atoms with Crippen LogP contribution in [0.5, 0.6) is 11.5 Å². The zero-order valence-corrected chi connectivity index (χ0v) is 14.4. The fourth-order valence-corrected chi connectivity index (χ4v) is 2.20. The number of methoxy groups -OCH3 is 1. The molecule has 0 aliphatic carbocycles. The third kappa shape index (κ3) is 4.35. The van der Waals surface area contributed by atoms with Crippen molar-refractivity contribution in [2.24, 2.45) is 5.10 Å². The Morgan fingerprint density at radius 2 is 1.79 bits per heavy atom. The van der Waals surface area contributed by atoms with Crippen LogP contribution in [0.2, 0.25) is 0 Å². The van der Waals surface area contributed by atoms with Gasteiger partial charge in [-0.15, -0.1) is 0 Å². The highest BCUT2D eigenvalue weighted by atomic mass is 16.5.